The zero-order valence-corrected chi connectivity index (χ0v) is 17.2. The fourth-order valence-electron chi connectivity index (χ4n) is 3.29. The van der Waals surface area contributed by atoms with Crippen LogP contribution >= 0.6 is 0 Å². The molecule has 1 saturated heterocycles. The van der Waals surface area contributed by atoms with Gasteiger partial charge in [0.1, 0.15) is 0 Å². The molecule has 0 aliphatic carbocycles. The highest BCUT2D eigenvalue weighted by molar-refractivity contribution is 7.88. The monoisotopic (exact) mass is 406 g/mol. The Morgan fingerprint density at radius 3 is 2.82 bits per heavy atom. The Morgan fingerprint density at radius 1 is 1.36 bits per heavy atom. The number of hydrogen-bond donors (Lipinski definition) is 0. The van der Waals surface area contributed by atoms with Gasteiger partial charge in [0, 0.05) is 38.4 Å². The van der Waals surface area contributed by atoms with E-state index in [1.807, 2.05) is 37.4 Å². The number of benzene rings is 1. The number of aromatic nitrogens is 2. The van der Waals surface area contributed by atoms with Crippen molar-refractivity contribution in [1.29, 1.82) is 0 Å². The molecule has 0 saturated carbocycles. The van der Waals surface area contributed by atoms with Crippen LogP contribution in [-0.4, -0.2) is 72.9 Å². The van der Waals surface area contributed by atoms with Crippen LogP contribution in [0, 0.1) is 12.8 Å². The third-order valence-corrected chi connectivity index (χ3v) is 6.11. The van der Waals surface area contributed by atoms with Crippen molar-refractivity contribution in [3.8, 4) is 5.69 Å². The Morgan fingerprint density at radius 2 is 2.11 bits per heavy atom. The number of hydrogen-bond acceptors (Lipinski definition) is 5. The van der Waals surface area contributed by atoms with Crippen molar-refractivity contribution in [1.82, 2.24) is 19.0 Å². The van der Waals surface area contributed by atoms with Crippen LogP contribution in [0.5, 0.6) is 0 Å². The molecule has 1 aliphatic heterocycles. The molecule has 1 aromatic heterocycles. The topological polar surface area (TPSA) is 84.7 Å². The Labute approximate surface area is 165 Å². The molecule has 0 bridgehead atoms. The number of rotatable bonds is 5. The van der Waals surface area contributed by atoms with Crippen LogP contribution in [0.1, 0.15) is 11.1 Å². The third-order valence-electron chi connectivity index (χ3n) is 4.84. The van der Waals surface area contributed by atoms with Gasteiger partial charge in [-0.1, -0.05) is 18.2 Å². The normalized spacial score (nSPS) is 18.6. The first kappa shape index (κ1) is 20.5. The van der Waals surface area contributed by atoms with Crippen LogP contribution < -0.4 is 0 Å². The SMILES string of the molecule is Cc1ccccc1-n1cc(CN(C)C(=O)C2COCCN(S(C)(=O)=O)C2)cn1. The van der Waals surface area contributed by atoms with E-state index in [-0.39, 0.29) is 25.6 Å². The zero-order chi connectivity index (χ0) is 20.3. The second kappa shape index (κ2) is 8.42. The first-order chi connectivity index (χ1) is 13.3. The fourth-order valence-corrected chi connectivity index (χ4v) is 4.15. The molecule has 0 spiro atoms. The molecular formula is C19H26N4O4S. The van der Waals surface area contributed by atoms with Gasteiger partial charge in [-0.25, -0.2) is 13.1 Å². The van der Waals surface area contributed by atoms with Crippen LogP contribution in [0.4, 0.5) is 0 Å². The Balaban J connectivity index is 1.68. The third kappa shape index (κ3) is 4.78. The fraction of sp³-hybridized carbons (Fsp3) is 0.474. The molecule has 1 aromatic carbocycles. The van der Waals surface area contributed by atoms with Gasteiger partial charge in [0.05, 0.1) is 37.3 Å². The van der Waals surface area contributed by atoms with Crippen LogP contribution in [0.25, 0.3) is 5.69 Å². The molecule has 2 aromatic rings. The lowest BCUT2D eigenvalue weighted by Gasteiger charge is -2.25. The van der Waals surface area contributed by atoms with Crippen molar-refractivity contribution in [2.75, 3.05) is 39.6 Å². The molecular weight excluding hydrogens is 380 g/mol. The smallest absolute Gasteiger partial charge is 0.229 e. The van der Waals surface area contributed by atoms with Crippen molar-refractivity contribution >= 4 is 15.9 Å². The molecule has 28 heavy (non-hydrogen) atoms. The molecule has 1 unspecified atom stereocenters. The van der Waals surface area contributed by atoms with E-state index in [1.165, 1.54) is 4.31 Å². The van der Waals surface area contributed by atoms with E-state index in [2.05, 4.69) is 5.10 Å². The summed E-state index contributed by atoms with van der Waals surface area (Å²) in [5, 5.41) is 4.40. The van der Waals surface area contributed by atoms with Gasteiger partial charge in [0.25, 0.3) is 0 Å². The summed E-state index contributed by atoms with van der Waals surface area (Å²) in [5.41, 5.74) is 3.00. The van der Waals surface area contributed by atoms with Crippen LogP contribution in [0.15, 0.2) is 36.7 Å². The lowest BCUT2D eigenvalue weighted by Crippen LogP contribution is -2.42. The molecule has 3 rings (SSSR count). The van der Waals surface area contributed by atoms with E-state index in [0.29, 0.717) is 13.2 Å². The number of carbonyl (C=O) groups excluding carboxylic acids is 1. The predicted octanol–water partition coefficient (Wildman–Crippen LogP) is 1.05. The maximum absolute atomic E-state index is 12.9. The summed E-state index contributed by atoms with van der Waals surface area (Å²) in [5.74, 6) is -0.659. The van der Waals surface area contributed by atoms with Crippen LogP contribution in [0.2, 0.25) is 0 Å². The molecule has 0 N–H and O–H groups in total. The molecule has 1 amide bonds. The average molecular weight is 407 g/mol. The van der Waals surface area contributed by atoms with Crippen molar-refractivity contribution < 1.29 is 17.9 Å². The maximum atomic E-state index is 12.9. The minimum absolute atomic E-state index is 0.140. The average Bonchev–Trinajstić information content (AvgIpc) is 2.94. The summed E-state index contributed by atoms with van der Waals surface area (Å²) in [6.45, 7) is 3.34. The van der Waals surface area contributed by atoms with Crippen LogP contribution in [0.3, 0.4) is 0 Å². The number of sulfonamides is 1. The van der Waals surface area contributed by atoms with Gasteiger partial charge in [-0.05, 0) is 18.6 Å². The molecule has 0 radical (unpaired) electrons. The van der Waals surface area contributed by atoms with E-state index in [9.17, 15) is 13.2 Å². The van der Waals surface area contributed by atoms with Crippen molar-refractivity contribution in [2.45, 2.75) is 13.5 Å². The molecule has 2 heterocycles. The molecule has 152 valence electrons. The van der Waals surface area contributed by atoms with Gasteiger partial charge in [-0.3, -0.25) is 4.79 Å². The summed E-state index contributed by atoms with van der Waals surface area (Å²) in [6, 6.07) is 7.94. The van der Waals surface area contributed by atoms with Gasteiger partial charge in [-0.2, -0.15) is 9.40 Å². The van der Waals surface area contributed by atoms with Gasteiger partial charge in [0.15, 0.2) is 0 Å². The number of nitrogens with zero attached hydrogens (tertiary/aromatic N) is 4. The molecule has 9 heteroatoms. The lowest BCUT2D eigenvalue weighted by molar-refractivity contribution is -0.136. The molecule has 1 atom stereocenters. The number of ether oxygens (including phenoxy) is 1. The second-order valence-electron chi connectivity index (χ2n) is 7.17. The molecule has 1 fully saturated rings. The first-order valence-corrected chi connectivity index (χ1v) is 11.0. The summed E-state index contributed by atoms with van der Waals surface area (Å²) in [6.07, 6.45) is 4.80. The Bertz CT molecular complexity index is 941. The largest absolute Gasteiger partial charge is 0.379 e. The predicted molar refractivity (Wildman–Crippen MR) is 106 cm³/mol. The quantitative estimate of drug-likeness (QED) is 0.741. The van der Waals surface area contributed by atoms with Crippen molar-refractivity contribution in [3.05, 3.63) is 47.8 Å². The van der Waals surface area contributed by atoms with E-state index in [0.717, 1.165) is 23.1 Å². The van der Waals surface area contributed by atoms with Gasteiger partial charge in [0.2, 0.25) is 15.9 Å². The van der Waals surface area contributed by atoms with Gasteiger partial charge in [-0.15, -0.1) is 0 Å². The standard InChI is InChI=1S/C19H26N4O4S/c1-15-6-4-5-7-18(15)23-12-16(10-20-23)11-21(2)19(24)17-13-22(28(3,25)26)8-9-27-14-17/h4-7,10,12,17H,8-9,11,13-14H2,1-3H3. The maximum Gasteiger partial charge on any atom is 0.229 e. The number of para-hydroxylation sites is 1. The first-order valence-electron chi connectivity index (χ1n) is 9.13. The Kier molecular flexibility index (Phi) is 6.17. The molecule has 8 nitrogen and oxygen atoms in total. The number of amides is 1. The van der Waals surface area contributed by atoms with Crippen LogP contribution in [-0.2, 0) is 26.1 Å². The summed E-state index contributed by atoms with van der Waals surface area (Å²) in [4.78, 5) is 14.5. The zero-order valence-electron chi connectivity index (χ0n) is 16.4. The Hall–Kier alpha value is -2.23. The number of carbonyl (C=O) groups is 1. The number of aryl methyl sites for hydroxylation is 1. The summed E-state index contributed by atoms with van der Waals surface area (Å²) < 4.78 is 32.3. The van der Waals surface area contributed by atoms with E-state index < -0.39 is 15.9 Å². The minimum Gasteiger partial charge on any atom is -0.379 e. The van der Waals surface area contributed by atoms with E-state index in [4.69, 9.17) is 4.74 Å². The van der Waals surface area contributed by atoms with Crippen molar-refractivity contribution in [2.24, 2.45) is 5.92 Å². The molecule has 1 aliphatic rings. The van der Waals surface area contributed by atoms with Gasteiger partial charge >= 0.3 is 0 Å². The highest BCUT2D eigenvalue weighted by Crippen LogP contribution is 2.16. The minimum atomic E-state index is -3.36. The van der Waals surface area contributed by atoms with E-state index in [1.54, 1.807) is 22.8 Å². The lowest BCUT2D eigenvalue weighted by atomic mass is 10.1. The van der Waals surface area contributed by atoms with Crippen molar-refractivity contribution in [3.63, 3.8) is 0 Å². The highest BCUT2D eigenvalue weighted by Gasteiger charge is 2.31. The van der Waals surface area contributed by atoms with Gasteiger partial charge < -0.3 is 9.64 Å². The highest BCUT2D eigenvalue weighted by atomic mass is 32.2. The second-order valence-corrected chi connectivity index (χ2v) is 9.15. The summed E-state index contributed by atoms with van der Waals surface area (Å²) in [7, 11) is -1.65. The summed E-state index contributed by atoms with van der Waals surface area (Å²) >= 11 is 0. The van der Waals surface area contributed by atoms with E-state index >= 15 is 0 Å².